The van der Waals surface area contributed by atoms with E-state index in [4.69, 9.17) is 0 Å². The maximum atomic E-state index is 11.9. The Labute approximate surface area is 190 Å². The Morgan fingerprint density at radius 2 is 1.69 bits per heavy atom. The quantitative estimate of drug-likeness (QED) is 0.238. The molecule has 1 heterocycles. The number of rotatable bonds is 9. The first kappa shape index (κ1) is 21.8. The van der Waals surface area contributed by atoms with Crippen molar-refractivity contribution in [3.05, 3.63) is 76.3 Å². The van der Waals surface area contributed by atoms with Crippen molar-refractivity contribution in [3.8, 4) is 0 Å². The number of carbonyl (C=O) groups is 1. The third-order valence-electron chi connectivity index (χ3n) is 3.40. The SMILES string of the molecule is O=C(CSc1nnc(SCc2ccccc2)s1)N/N=C\C(Br)=C\c1ccccc1. The molecule has 0 unspecified atom stereocenters. The lowest BCUT2D eigenvalue weighted by Gasteiger charge is -1.98. The van der Waals surface area contributed by atoms with Crippen molar-refractivity contribution in [2.24, 2.45) is 5.10 Å². The summed E-state index contributed by atoms with van der Waals surface area (Å²) in [6, 6.07) is 20.1. The van der Waals surface area contributed by atoms with Crippen molar-refractivity contribution in [1.29, 1.82) is 0 Å². The molecule has 0 atom stereocenters. The highest BCUT2D eigenvalue weighted by Crippen LogP contribution is 2.30. The summed E-state index contributed by atoms with van der Waals surface area (Å²) >= 11 is 7.90. The minimum atomic E-state index is -0.194. The highest BCUT2D eigenvalue weighted by molar-refractivity contribution is 9.12. The lowest BCUT2D eigenvalue weighted by molar-refractivity contribution is -0.118. The van der Waals surface area contributed by atoms with E-state index in [-0.39, 0.29) is 11.7 Å². The van der Waals surface area contributed by atoms with Gasteiger partial charge in [-0.1, -0.05) is 95.5 Å². The number of nitrogens with zero attached hydrogens (tertiary/aromatic N) is 3. The summed E-state index contributed by atoms with van der Waals surface area (Å²) < 4.78 is 2.43. The van der Waals surface area contributed by atoms with E-state index in [0.29, 0.717) is 0 Å². The lowest BCUT2D eigenvalue weighted by atomic mass is 10.2. The molecule has 29 heavy (non-hydrogen) atoms. The number of thioether (sulfide) groups is 2. The van der Waals surface area contributed by atoms with Gasteiger partial charge in [0.15, 0.2) is 8.68 Å². The number of amides is 1. The van der Waals surface area contributed by atoms with Crippen molar-refractivity contribution in [1.82, 2.24) is 15.6 Å². The Morgan fingerprint density at radius 3 is 2.41 bits per heavy atom. The summed E-state index contributed by atoms with van der Waals surface area (Å²) in [6.07, 6.45) is 3.47. The molecule has 9 heteroatoms. The fourth-order valence-corrected chi connectivity index (χ4v) is 5.24. The second-order valence-corrected chi connectivity index (χ2v) is 9.97. The Bertz CT molecular complexity index is 978. The van der Waals surface area contributed by atoms with Crippen LogP contribution in [0.3, 0.4) is 0 Å². The molecule has 3 rings (SSSR count). The van der Waals surface area contributed by atoms with E-state index in [0.717, 1.165) is 24.5 Å². The van der Waals surface area contributed by atoms with Crippen LogP contribution in [0.5, 0.6) is 0 Å². The molecule has 0 aliphatic rings. The number of hydrogen-bond donors (Lipinski definition) is 1. The molecular formula is C20H17BrN4OS3. The highest BCUT2D eigenvalue weighted by atomic mass is 79.9. The first-order valence-electron chi connectivity index (χ1n) is 8.56. The van der Waals surface area contributed by atoms with Crippen molar-refractivity contribution >= 4 is 69.0 Å². The molecule has 2 aromatic carbocycles. The van der Waals surface area contributed by atoms with Gasteiger partial charge >= 0.3 is 0 Å². The van der Waals surface area contributed by atoms with Gasteiger partial charge in [-0.3, -0.25) is 4.79 Å². The zero-order valence-corrected chi connectivity index (χ0v) is 19.2. The molecule has 5 nitrogen and oxygen atoms in total. The number of allylic oxidation sites excluding steroid dienone is 1. The van der Waals surface area contributed by atoms with Crippen LogP contribution in [0.4, 0.5) is 0 Å². The summed E-state index contributed by atoms with van der Waals surface area (Å²) in [5.74, 6) is 0.885. The summed E-state index contributed by atoms with van der Waals surface area (Å²) in [4.78, 5) is 11.9. The molecule has 0 spiro atoms. The molecule has 0 aliphatic heterocycles. The molecule has 0 fully saturated rings. The van der Waals surface area contributed by atoms with E-state index >= 15 is 0 Å². The average molecular weight is 505 g/mol. The van der Waals surface area contributed by atoms with E-state index < -0.39 is 0 Å². The molecule has 0 bridgehead atoms. The standard InChI is InChI=1S/C20H17BrN4OS3/c21-17(11-15-7-3-1-4-8-15)12-22-23-18(26)14-28-20-25-24-19(29-20)27-13-16-9-5-2-6-10-16/h1-12H,13-14H2,(H,23,26)/b17-11-,22-12-. The summed E-state index contributed by atoms with van der Waals surface area (Å²) in [5.41, 5.74) is 4.80. The van der Waals surface area contributed by atoms with Crippen LogP contribution in [-0.2, 0) is 10.5 Å². The maximum Gasteiger partial charge on any atom is 0.250 e. The number of halogens is 1. The molecule has 0 radical (unpaired) electrons. The molecule has 3 aromatic rings. The predicted molar refractivity (Wildman–Crippen MR) is 127 cm³/mol. The fraction of sp³-hybridized carbons (Fsp3) is 0.100. The van der Waals surface area contributed by atoms with Gasteiger partial charge < -0.3 is 0 Å². The number of aromatic nitrogens is 2. The minimum Gasteiger partial charge on any atom is -0.272 e. The van der Waals surface area contributed by atoms with Gasteiger partial charge in [0, 0.05) is 10.2 Å². The zero-order chi connectivity index (χ0) is 20.3. The topological polar surface area (TPSA) is 67.2 Å². The highest BCUT2D eigenvalue weighted by Gasteiger charge is 2.08. The Kier molecular flexibility index (Phi) is 8.94. The van der Waals surface area contributed by atoms with Crippen LogP contribution >= 0.6 is 50.8 Å². The van der Waals surface area contributed by atoms with Gasteiger partial charge in [0.1, 0.15) is 0 Å². The third kappa shape index (κ3) is 8.14. The largest absolute Gasteiger partial charge is 0.272 e. The van der Waals surface area contributed by atoms with E-state index in [9.17, 15) is 4.79 Å². The maximum absolute atomic E-state index is 11.9. The van der Waals surface area contributed by atoms with Crippen molar-refractivity contribution < 1.29 is 4.79 Å². The van der Waals surface area contributed by atoms with Gasteiger partial charge in [-0.2, -0.15) is 5.10 Å². The fourth-order valence-electron chi connectivity index (χ4n) is 2.10. The zero-order valence-electron chi connectivity index (χ0n) is 15.2. The molecule has 1 N–H and O–H groups in total. The number of benzene rings is 2. The van der Waals surface area contributed by atoms with Crippen molar-refractivity contribution in [3.63, 3.8) is 0 Å². The van der Waals surface area contributed by atoms with Crippen LogP contribution in [0.15, 0.2) is 78.9 Å². The van der Waals surface area contributed by atoms with E-state index in [2.05, 4.69) is 48.8 Å². The molecule has 0 saturated carbocycles. The van der Waals surface area contributed by atoms with Crippen LogP contribution in [0, 0.1) is 0 Å². The van der Waals surface area contributed by atoms with Gasteiger partial charge in [0.05, 0.1) is 12.0 Å². The molecule has 0 saturated heterocycles. The number of nitrogens with one attached hydrogen (secondary N) is 1. The molecule has 1 aromatic heterocycles. The van der Waals surface area contributed by atoms with Gasteiger partial charge in [0.25, 0.3) is 5.91 Å². The average Bonchev–Trinajstić information content (AvgIpc) is 3.20. The summed E-state index contributed by atoms with van der Waals surface area (Å²) in [7, 11) is 0. The Hall–Kier alpha value is -1.94. The number of hydrogen-bond acceptors (Lipinski definition) is 7. The van der Waals surface area contributed by atoms with E-state index in [1.54, 1.807) is 18.0 Å². The van der Waals surface area contributed by atoms with Gasteiger partial charge in [-0.15, -0.1) is 10.2 Å². The Balaban J connectivity index is 1.39. The normalized spacial score (nSPS) is 11.7. The van der Waals surface area contributed by atoms with Crippen LogP contribution in [0.2, 0.25) is 0 Å². The molecule has 148 valence electrons. The van der Waals surface area contributed by atoms with E-state index in [1.807, 2.05) is 54.6 Å². The van der Waals surface area contributed by atoms with E-state index in [1.165, 1.54) is 28.7 Å². The number of hydrazone groups is 1. The van der Waals surface area contributed by atoms with Crippen LogP contribution in [-0.4, -0.2) is 28.1 Å². The van der Waals surface area contributed by atoms with Crippen molar-refractivity contribution in [2.45, 2.75) is 14.4 Å². The molecule has 1 amide bonds. The number of carbonyl (C=O) groups excluding carboxylic acids is 1. The smallest absolute Gasteiger partial charge is 0.250 e. The predicted octanol–water partition coefficient (Wildman–Crippen LogP) is 5.46. The first-order valence-corrected chi connectivity index (χ1v) is 12.1. The molecule has 0 aliphatic carbocycles. The van der Waals surface area contributed by atoms with Crippen LogP contribution < -0.4 is 5.43 Å². The second kappa shape index (κ2) is 11.9. The lowest BCUT2D eigenvalue weighted by Crippen LogP contribution is -2.19. The van der Waals surface area contributed by atoms with Crippen LogP contribution in [0.1, 0.15) is 11.1 Å². The summed E-state index contributed by atoms with van der Waals surface area (Å²) in [5, 5.41) is 12.3. The van der Waals surface area contributed by atoms with Gasteiger partial charge in [-0.25, -0.2) is 5.43 Å². The monoisotopic (exact) mass is 504 g/mol. The molecular weight excluding hydrogens is 488 g/mol. The first-order chi connectivity index (χ1) is 14.2. The van der Waals surface area contributed by atoms with Crippen molar-refractivity contribution in [2.75, 3.05) is 5.75 Å². The van der Waals surface area contributed by atoms with Gasteiger partial charge in [-0.05, 0) is 33.1 Å². The Morgan fingerprint density at radius 1 is 1.03 bits per heavy atom. The minimum absolute atomic E-state index is 0.194. The van der Waals surface area contributed by atoms with Gasteiger partial charge in [0.2, 0.25) is 0 Å². The summed E-state index contributed by atoms with van der Waals surface area (Å²) in [6.45, 7) is 0. The second-order valence-electron chi connectivity index (χ2n) is 5.63. The third-order valence-corrected chi connectivity index (χ3v) is 7.10. The van der Waals surface area contributed by atoms with Crippen LogP contribution in [0.25, 0.3) is 6.08 Å².